The summed E-state index contributed by atoms with van der Waals surface area (Å²) in [6.07, 6.45) is 8.09. The predicted octanol–water partition coefficient (Wildman–Crippen LogP) is 6.17. The molecule has 1 aromatic heterocycles. The summed E-state index contributed by atoms with van der Waals surface area (Å²) in [5.41, 5.74) is 1.87. The smallest absolute Gasteiger partial charge is 0.258 e. The lowest BCUT2D eigenvalue weighted by Gasteiger charge is -2.56. The minimum Gasteiger partial charge on any atom is -0.298 e. The minimum absolute atomic E-state index is 0.238. The van der Waals surface area contributed by atoms with Crippen LogP contribution in [0.2, 0.25) is 10.0 Å². The highest BCUT2D eigenvalue weighted by atomic mass is 35.5. The molecule has 26 heavy (non-hydrogen) atoms. The van der Waals surface area contributed by atoms with E-state index in [9.17, 15) is 4.79 Å². The van der Waals surface area contributed by atoms with Gasteiger partial charge < -0.3 is 0 Å². The summed E-state index contributed by atoms with van der Waals surface area (Å²) in [5, 5.41) is 6.60. The Hall–Kier alpha value is -1.10. The largest absolute Gasteiger partial charge is 0.298 e. The molecular formula is C20H20Cl2N2OS. The summed E-state index contributed by atoms with van der Waals surface area (Å²) in [4.78, 5) is 17.4. The van der Waals surface area contributed by atoms with Crippen molar-refractivity contribution in [3.63, 3.8) is 0 Å². The Kier molecular flexibility index (Phi) is 4.07. The van der Waals surface area contributed by atoms with E-state index in [0.717, 1.165) is 17.8 Å². The molecular weight excluding hydrogens is 387 g/mol. The monoisotopic (exact) mass is 406 g/mol. The van der Waals surface area contributed by atoms with Gasteiger partial charge in [-0.3, -0.25) is 10.1 Å². The number of carbonyl (C=O) groups excluding carboxylic acids is 1. The van der Waals surface area contributed by atoms with Crippen LogP contribution in [0.15, 0.2) is 23.6 Å². The maximum Gasteiger partial charge on any atom is 0.258 e. The molecule has 4 fully saturated rings. The van der Waals surface area contributed by atoms with Crippen LogP contribution >= 0.6 is 34.5 Å². The number of nitrogens with one attached hydrogen (secondary N) is 1. The zero-order valence-electron chi connectivity index (χ0n) is 14.3. The number of benzene rings is 1. The lowest BCUT2D eigenvalue weighted by Crippen LogP contribution is -2.48. The number of thiazole rings is 1. The number of carbonyl (C=O) groups is 1. The molecule has 136 valence electrons. The normalized spacial score (nSPS) is 32.0. The zero-order chi connectivity index (χ0) is 17.9. The van der Waals surface area contributed by atoms with Gasteiger partial charge in [0.05, 0.1) is 16.3 Å². The summed E-state index contributed by atoms with van der Waals surface area (Å²) in [6.45, 7) is 0. The minimum atomic E-state index is -0.238. The maximum absolute atomic E-state index is 12.5. The van der Waals surface area contributed by atoms with Crippen molar-refractivity contribution in [3.8, 4) is 0 Å². The first kappa shape index (κ1) is 17.0. The molecule has 1 heterocycles. The van der Waals surface area contributed by atoms with Crippen molar-refractivity contribution in [1.29, 1.82) is 0 Å². The van der Waals surface area contributed by atoms with Gasteiger partial charge in [-0.2, -0.15) is 0 Å². The Morgan fingerprint density at radius 2 is 1.77 bits per heavy atom. The van der Waals surface area contributed by atoms with Crippen LogP contribution in [-0.4, -0.2) is 10.9 Å². The summed E-state index contributed by atoms with van der Waals surface area (Å²) in [6, 6.07) is 4.90. The molecule has 0 aliphatic heterocycles. The van der Waals surface area contributed by atoms with E-state index in [-0.39, 0.29) is 11.3 Å². The van der Waals surface area contributed by atoms with E-state index in [1.54, 1.807) is 18.2 Å². The van der Waals surface area contributed by atoms with E-state index in [1.165, 1.54) is 55.6 Å². The average Bonchev–Trinajstić information content (AvgIpc) is 3.02. The van der Waals surface area contributed by atoms with Crippen LogP contribution in [-0.2, 0) is 5.41 Å². The van der Waals surface area contributed by atoms with Crippen LogP contribution in [0, 0.1) is 17.8 Å². The first-order valence-corrected chi connectivity index (χ1v) is 10.9. The van der Waals surface area contributed by atoms with E-state index < -0.39 is 0 Å². The number of halogens is 2. The fourth-order valence-corrected chi connectivity index (χ4v) is 7.16. The topological polar surface area (TPSA) is 42.0 Å². The molecule has 0 unspecified atom stereocenters. The second-order valence-corrected chi connectivity index (χ2v) is 10.0. The van der Waals surface area contributed by atoms with Crippen LogP contribution in [0.3, 0.4) is 0 Å². The molecule has 0 radical (unpaired) electrons. The van der Waals surface area contributed by atoms with Crippen LogP contribution < -0.4 is 5.32 Å². The van der Waals surface area contributed by atoms with Gasteiger partial charge >= 0.3 is 0 Å². The SMILES string of the molecule is O=C(Nc1nc(C23CC4CC(CC(C4)C2)C3)cs1)c1ccc(Cl)cc1Cl. The van der Waals surface area contributed by atoms with E-state index in [1.807, 2.05) is 0 Å². The Balaban J connectivity index is 1.37. The van der Waals surface area contributed by atoms with Gasteiger partial charge in [-0.15, -0.1) is 11.3 Å². The average molecular weight is 407 g/mol. The van der Waals surface area contributed by atoms with Crippen molar-refractivity contribution in [3.05, 3.63) is 44.9 Å². The number of nitrogens with zero attached hydrogens (tertiary/aromatic N) is 1. The van der Waals surface area contributed by atoms with Crippen molar-refractivity contribution >= 4 is 45.6 Å². The molecule has 4 saturated carbocycles. The van der Waals surface area contributed by atoms with Gasteiger partial charge in [-0.25, -0.2) is 4.98 Å². The molecule has 0 saturated heterocycles. The maximum atomic E-state index is 12.5. The van der Waals surface area contributed by atoms with Crippen molar-refractivity contribution in [1.82, 2.24) is 4.98 Å². The summed E-state index contributed by atoms with van der Waals surface area (Å²) in [5.74, 6) is 2.41. The predicted molar refractivity (Wildman–Crippen MR) is 106 cm³/mol. The number of aromatic nitrogens is 1. The molecule has 0 atom stereocenters. The summed E-state index contributed by atoms with van der Waals surface area (Å²) >= 11 is 13.6. The fraction of sp³-hybridized carbons (Fsp3) is 0.500. The van der Waals surface area contributed by atoms with Gasteiger partial charge in [0.25, 0.3) is 5.91 Å². The summed E-state index contributed by atoms with van der Waals surface area (Å²) < 4.78 is 0. The Labute approximate surface area is 167 Å². The Bertz CT molecular complexity index is 843. The third kappa shape index (κ3) is 2.87. The Morgan fingerprint density at radius 1 is 1.12 bits per heavy atom. The molecule has 2 aromatic rings. The standard InChI is InChI=1S/C20H20Cl2N2OS/c21-14-1-2-15(16(22)6-14)18(25)24-19-23-17(10-26-19)20-7-11-3-12(8-20)5-13(4-11)9-20/h1-2,6,10-13H,3-5,7-9H2,(H,23,24,25). The third-order valence-electron chi connectivity index (χ3n) is 6.48. The van der Waals surface area contributed by atoms with Crippen molar-refractivity contribution in [2.75, 3.05) is 5.32 Å². The molecule has 6 rings (SSSR count). The first-order chi connectivity index (χ1) is 12.5. The van der Waals surface area contributed by atoms with Gasteiger partial charge in [-0.1, -0.05) is 23.2 Å². The van der Waals surface area contributed by atoms with Gasteiger partial charge in [0.15, 0.2) is 5.13 Å². The van der Waals surface area contributed by atoms with Gasteiger partial charge in [0.1, 0.15) is 0 Å². The third-order valence-corrected chi connectivity index (χ3v) is 7.79. The van der Waals surface area contributed by atoms with Crippen molar-refractivity contribution in [2.45, 2.75) is 43.9 Å². The van der Waals surface area contributed by atoms with E-state index in [0.29, 0.717) is 20.7 Å². The highest BCUT2D eigenvalue weighted by molar-refractivity contribution is 7.14. The second kappa shape index (κ2) is 6.22. The first-order valence-electron chi connectivity index (χ1n) is 9.23. The van der Waals surface area contributed by atoms with Crippen molar-refractivity contribution < 1.29 is 4.79 Å². The number of hydrogen-bond acceptors (Lipinski definition) is 3. The zero-order valence-corrected chi connectivity index (χ0v) is 16.6. The fourth-order valence-electron chi connectivity index (χ4n) is 5.84. The lowest BCUT2D eigenvalue weighted by molar-refractivity contribution is -0.00688. The Morgan fingerprint density at radius 3 is 2.38 bits per heavy atom. The molecule has 1 amide bonds. The quantitative estimate of drug-likeness (QED) is 0.661. The number of hydrogen-bond donors (Lipinski definition) is 1. The number of rotatable bonds is 3. The number of anilines is 1. The lowest BCUT2D eigenvalue weighted by atomic mass is 9.49. The molecule has 1 aromatic carbocycles. The summed E-state index contributed by atoms with van der Waals surface area (Å²) in [7, 11) is 0. The van der Waals surface area contributed by atoms with Crippen LogP contribution in [0.1, 0.15) is 54.6 Å². The van der Waals surface area contributed by atoms with Gasteiger partial charge in [0.2, 0.25) is 0 Å². The highest BCUT2D eigenvalue weighted by Crippen LogP contribution is 2.60. The molecule has 6 heteroatoms. The van der Waals surface area contributed by atoms with E-state index in [4.69, 9.17) is 28.2 Å². The van der Waals surface area contributed by atoms with E-state index in [2.05, 4.69) is 10.7 Å². The molecule has 4 aliphatic carbocycles. The highest BCUT2D eigenvalue weighted by Gasteiger charge is 2.52. The van der Waals surface area contributed by atoms with Crippen LogP contribution in [0.4, 0.5) is 5.13 Å². The van der Waals surface area contributed by atoms with Crippen LogP contribution in [0.5, 0.6) is 0 Å². The molecule has 0 spiro atoms. The molecule has 4 bridgehead atoms. The van der Waals surface area contributed by atoms with Gasteiger partial charge in [0, 0.05) is 15.8 Å². The van der Waals surface area contributed by atoms with Gasteiger partial charge in [-0.05, 0) is 74.5 Å². The molecule has 1 N–H and O–H groups in total. The number of amides is 1. The molecule has 3 nitrogen and oxygen atoms in total. The van der Waals surface area contributed by atoms with E-state index >= 15 is 0 Å². The van der Waals surface area contributed by atoms with Crippen LogP contribution in [0.25, 0.3) is 0 Å². The van der Waals surface area contributed by atoms with Crippen molar-refractivity contribution in [2.24, 2.45) is 17.8 Å². The second-order valence-electron chi connectivity index (χ2n) is 8.31. The molecule has 4 aliphatic rings.